The van der Waals surface area contributed by atoms with Gasteiger partial charge in [-0.05, 0) is 37.3 Å². The van der Waals surface area contributed by atoms with E-state index in [1.807, 2.05) is 31.2 Å². The predicted octanol–water partition coefficient (Wildman–Crippen LogP) is 5.44. The van der Waals surface area contributed by atoms with E-state index in [9.17, 15) is 4.79 Å². The summed E-state index contributed by atoms with van der Waals surface area (Å²) in [5.74, 6) is -0.138. The van der Waals surface area contributed by atoms with Crippen LogP contribution in [0.15, 0.2) is 42.5 Å². The predicted molar refractivity (Wildman–Crippen MR) is 96.6 cm³/mol. The van der Waals surface area contributed by atoms with Crippen molar-refractivity contribution in [2.45, 2.75) is 13.0 Å². The average molecular weight is 365 g/mol. The first kappa shape index (κ1) is 16.2. The summed E-state index contributed by atoms with van der Waals surface area (Å²) in [5, 5.41) is 1.79. The number of halogens is 2. The monoisotopic (exact) mass is 364 g/mol. The molecule has 0 aliphatic carbocycles. The summed E-state index contributed by atoms with van der Waals surface area (Å²) >= 11 is 13.6. The Bertz CT molecular complexity index is 825. The van der Waals surface area contributed by atoms with Gasteiger partial charge in [0.1, 0.15) is 5.01 Å². The first-order valence-corrected chi connectivity index (χ1v) is 8.61. The Kier molecular flexibility index (Phi) is 4.57. The van der Waals surface area contributed by atoms with Crippen molar-refractivity contribution in [3.05, 3.63) is 63.1 Å². The number of rotatable bonds is 3. The normalized spacial score (nSPS) is 12.3. The number of benzene rings is 2. The first-order chi connectivity index (χ1) is 11.0. The molecular formula is C17H14Cl2N2OS. The van der Waals surface area contributed by atoms with Gasteiger partial charge in [0.2, 0.25) is 0 Å². The molecule has 1 aromatic heterocycles. The third kappa shape index (κ3) is 3.34. The Morgan fingerprint density at radius 2 is 1.83 bits per heavy atom. The fourth-order valence-corrected chi connectivity index (χ4v) is 3.88. The smallest absolute Gasteiger partial charge is 0.254 e. The minimum absolute atomic E-state index is 0.138. The van der Waals surface area contributed by atoms with Crippen LogP contribution in [0.4, 0.5) is 0 Å². The maximum Gasteiger partial charge on any atom is 0.254 e. The minimum atomic E-state index is -0.141. The van der Waals surface area contributed by atoms with E-state index in [0.717, 1.165) is 15.2 Å². The fraction of sp³-hybridized carbons (Fsp3) is 0.176. The molecule has 0 saturated heterocycles. The zero-order valence-corrected chi connectivity index (χ0v) is 14.9. The Labute approximate surface area is 148 Å². The third-order valence-electron chi connectivity index (χ3n) is 3.68. The van der Waals surface area contributed by atoms with Crippen molar-refractivity contribution in [2.75, 3.05) is 7.05 Å². The number of para-hydroxylation sites is 1. The number of hydrogen-bond acceptors (Lipinski definition) is 3. The third-order valence-corrected chi connectivity index (χ3v) is 5.32. The van der Waals surface area contributed by atoms with Gasteiger partial charge in [0.25, 0.3) is 5.91 Å². The molecule has 0 radical (unpaired) electrons. The molecule has 0 fully saturated rings. The molecule has 0 bridgehead atoms. The molecule has 0 aliphatic heterocycles. The summed E-state index contributed by atoms with van der Waals surface area (Å²) in [6.45, 7) is 1.96. The van der Waals surface area contributed by atoms with Gasteiger partial charge in [-0.15, -0.1) is 11.3 Å². The van der Waals surface area contributed by atoms with Gasteiger partial charge < -0.3 is 4.90 Å². The van der Waals surface area contributed by atoms with Crippen LogP contribution < -0.4 is 0 Å². The molecular weight excluding hydrogens is 351 g/mol. The van der Waals surface area contributed by atoms with E-state index in [2.05, 4.69) is 4.98 Å². The van der Waals surface area contributed by atoms with Crippen molar-refractivity contribution in [2.24, 2.45) is 0 Å². The van der Waals surface area contributed by atoms with Crippen LogP contribution in [0, 0.1) is 0 Å². The Hall–Kier alpha value is -1.62. The number of nitrogens with zero attached hydrogens (tertiary/aromatic N) is 2. The number of hydrogen-bond donors (Lipinski definition) is 0. The van der Waals surface area contributed by atoms with Crippen LogP contribution in [-0.2, 0) is 0 Å². The molecule has 1 amide bonds. The highest BCUT2D eigenvalue weighted by atomic mass is 35.5. The topological polar surface area (TPSA) is 33.2 Å². The SMILES string of the molecule is C[C@H](c1nc2ccccc2s1)N(C)C(=O)c1cc(Cl)cc(Cl)c1. The molecule has 0 N–H and O–H groups in total. The van der Waals surface area contributed by atoms with Crippen LogP contribution in [0.2, 0.25) is 10.0 Å². The van der Waals surface area contributed by atoms with Gasteiger partial charge in [0.05, 0.1) is 16.3 Å². The van der Waals surface area contributed by atoms with Crippen molar-refractivity contribution < 1.29 is 4.79 Å². The second-order valence-corrected chi connectivity index (χ2v) is 7.21. The first-order valence-electron chi connectivity index (χ1n) is 7.04. The molecule has 0 spiro atoms. The Morgan fingerprint density at radius 1 is 1.17 bits per heavy atom. The molecule has 118 valence electrons. The van der Waals surface area contributed by atoms with Gasteiger partial charge in [-0.3, -0.25) is 4.79 Å². The van der Waals surface area contributed by atoms with Gasteiger partial charge >= 0.3 is 0 Å². The molecule has 0 unspecified atom stereocenters. The maximum atomic E-state index is 12.7. The summed E-state index contributed by atoms with van der Waals surface area (Å²) in [4.78, 5) is 18.9. The number of carbonyl (C=O) groups is 1. The van der Waals surface area contributed by atoms with Crippen LogP contribution in [0.25, 0.3) is 10.2 Å². The molecule has 3 rings (SSSR count). The Balaban J connectivity index is 1.88. The summed E-state index contributed by atoms with van der Waals surface area (Å²) in [6, 6.07) is 12.7. The van der Waals surface area contributed by atoms with E-state index in [0.29, 0.717) is 15.6 Å². The van der Waals surface area contributed by atoms with Crippen LogP contribution >= 0.6 is 34.5 Å². The minimum Gasteiger partial charge on any atom is -0.333 e. The highest BCUT2D eigenvalue weighted by molar-refractivity contribution is 7.18. The summed E-state index contributed by atoms with van der Waals surface area (Å²) in [7, 11) is 1.76. The van der Waals surface area contributed by atoms with Gasteiger partial charge in [0.15, 0.2) is 0 Å². The van der Waals surface area contributed by atoms with E-state index < -0.39 is 0 Å². The van der Waals surface area contributed by atoms with Crippen molar-refractivity contribution in [1.29, 1.82) is 0 Å². The van der Waals surface area contributed by atoms with Crippen molar-refractivity contribution in [1.82, 2.24) is 9.88 Å². The fourth-order valence-electron chi connectivity index (χ4n) is 2.29. The molecule has 1 heterocycles. The molecule has 3 nitrogen and oxygen atoms in total. The highest BCUT2D eigenvalue weighted by Crippen LogP contribution is 2.30. The number of fused-ring (bicyclic) bond motifs is 1. The molecule has 23 heavy (non-hydrogen) atoms. The lowest BCUT2D eigenvalue weighted by Gasteiger charge is -2.23. The van der Waals surface area contributed by atoms with E-state index in [4.69, 9.17) is 23.2 Å². The highest BCUT2D eigenvalue weighted by Gasteiger charge is 2.22. The molecule has 1 atom stereocenters. The average Bonchev–Trinajstić information content (AvgIpc) is 2.95. The van der Waals surface area contributed by atoms with Crippen LogP contribution in [0.1, 0.15) is 28.3 Å². The van der Waals surface area contributed by atoms with Gasteiger partial charge in [0, 0.05) is 22.7 Å². The van der Waals surface area contributed by atoms with Crippen LogP contribution in [-0.4, -0.2) is 22.8 Å². The number of amides is 1. The lowest BCUT2D eigenvalue weighted by molar-refractivity contribution is 0.0742. The molecule has 0 aliphatic rings. The summed E-state index contributed by atoms with van der Waals surface area (Å²) < 4.78 is 1.11. The zero-order chi connectivity index (χ0) is 16.6. The van der Waals surface area contributed by atoms with Crippen LogP contribution in [0.5, 0.6) is 0 Å². The quantitative estimate of drug-likeness (QED) is 0.620. The summed E-state index contributed by atoms with van der Waals surface area (Å²) in [6.07, 6.45) is 0. The van der Waals surface area contributed by atoms with Gasteiger partial charge in [-0.1, -0.05) is 35.3 Å². The van der Waals surface area contributed by atoms with Crippen molar-refractivity contribution in [3.63, 3.8) is 0 Å². The number of carbonyl (C=O) groups excluding carboxylic acids is 1. The lowest BCUT2D eigenvalue weighted by Crippen LogP contribution is -2.29. The van der Waals surface area contributed by atoms with E-state index in [1.54, 1.807) is 41.5 Å². The Morgan fingerprint density at radius 3 is 2.48 bits per heavy atom. The molecule has 6 heteroatoms. The van der Waals surface area contributed by atoms with Gasteiger partial charge in [-0.2, -0.15) is 0 Å². The summed E-state index contributed by atoms with van der Waals surface area (Å²) in [5.41, 5.74) is 1.42. The number of aromatic nitrogens is 1. The van der Waals surface area contributed by atoms with Crippen molar-refractivity contribution >= 4 is 50.7 Å². The van der Waals surface area contributed by atoms with Crippen molar-refractivity contribution in [3.8, 4) is 0 Å². The van der Waals surface area contributed by atoms with Gasteiger partial charge in [-0.25, -0.2) is 4.98 Å². The van der Waals surface area contributed by atoms with E-state index in [-0.39, 0.29) is 11.9 Å². The van der Waals surface area contributed by atoms with Crippen LogP contribution in [0.3, 0.4) is 0 Å². The second-order valence-electron chi connectivity index (χ2n) is 5.27. The van der Waals surface area contributed by atoms with E-state index >= 15 is 0 Å². The molecule has 2 aromatic carbocycles. The lowest BCUT2D eigenvalue weighted by atomic mass is 10.2. The molecule has 3 aromatic rings. The standard InChI is InChI=1S/C17H14Cl2N2OS/c1-10(16-20-14-5-3-4-6-15(14)23-16)21(2)17(22)11-7-12(18)9-13(19)8-11/h3-10H,1-2H3/t10-/m1/s1. The van der Waals surface area contributed by atoms with E-state index in [1.165, 1.54) is 0 Å². The maximum absolute atomic E-state index is 12.7. The second kappa shape index (κ2) is 6.48. The number of thiazole rings is 1. The largest absolute Gasteiger partial charge is 0.333 e. The molecule has 0 saturated carbocycles. The zero-order valence-electron chi connectivity index (χ0n) is 12.6.